The largest absolute Gasteiger partial charge is 0.500 e. The van der Waals surface area contributed by atoms with Crippen LogP contribution in [0.3, 0.4) is 0 Å². The second kappa shape index (κ2) is 12.7. The number of carbonyl (C=O) groups excluding carboxylic acids is 3. The Morgan fingerprint density at radius 1 is 0.833 bits per heavy atom. The number of benzene rings is 1. The second-order valence-corrected chi connectivity index (χ2v) is 5.39. The first-order valence-corrected chi connectivity index (χ1v) is 8.71. The monoisotopic (exact) mass is 424 g/mol. The zero-order valence-corrected chi connectivity index (χ0v) is 17.4. The highest BCUT2D eigenvalue weighted by Gasteiger charge is 2.26. The molecular formula is C20H24O10. The minimum Gasteiger partial charge on any atom is -0.500 e. The van der Waals surface area contributed by atoms with Gasteiger partial charge in [-0.05, 0) is 18.6 Å². The van der Waals surface area contributed by atoms with Crippen LogP contribution in [0, 0.1) is 0 Å². The molecule has 0 amide bonds. The predicted octanol–water partition coefficient (Wildman–Crippen LogP) is 2.33. The van der Waals surface area contributed by atoms with Crippen LogP contribution >= 0.6 is 0 Å². The molecule has 0 bridgehead atoms. The van der Waals surface area contributed by atoms with Gasteiger partial charge in [-0.2, -0.15) is 0 Å². The van der Waals surface area contributed by atoms with E-state index in [-0.39, 0.29) is 35.2 Å². The summed E-state index contributed by atoms with van der Waals surface area (Å²) >= 11 is 0. The zero-order valence-electron chi connectivity index (χ0n) is 17.4. The van der Waals surface area contributed by atoms with Crippen molar-refractivity contribution in [2.45, 2.75) is 13.3 Å². The molecular weight excluding hydrogens is 400 g/mol. The molecule has 0 N–H and O–H groups in total. The normalized spacial score (nSPS) is 11.2. The molecule has 164 valence electrons. The Kier molecular flexibility index (Phi) is 10.3. The highest BCUT2D eigenvalue weighted by Crippen LogP contribution is 2.32. The van der Waals surface area contributed by atoms with Crippen molar-refractivity contribution in [3.63, 3.8) is 0 Å². The third kappa shape index (κ3) is 6.73. The molecule has 1 aromatic carbocycles. The van der Waals surface area contributed by atoms with Gasteiger partial charge >= 0.3 is 17.9 Å². The number of esters is 3. The van der Waals surface area contributed by atoms with Crippen molar-refractivity contribution in [2.24, 2.45) is 0 Å². The van der Waals surface area contributed by atoms with Crippen LogP contribution in [0.25, 0.3) is 0 Å². The number of carbonyl (C=O) groups is 3. The van der Waals surface area contributed by atoms with Gasteiger partial charge < -0.3 is 33.2 Å². The van der Waals surface area contributed by atoms with Crippen LogP contribution in [0.4, 0.5) is 0 Å². The summed E-state index contributed by atoms with van der Waals surface area (Å²) in [5.74, 6) is -3.33. The maximum atomic E-state index is 12.7. The molecule has 1 aromatic rings. The number of rotatable bonds is 11. The standard InChI is InChI=1S/C20H24O10/c1-6-10-28-20(23)17-13(29-15(11-24-2)18(21)26-4)8-7-9-14(17)30-16(12-25-3)19(22)27-5/h7-9,11-12H,6,10H2,1-5H3/b15-11-,16-12-. The predicted molar refractivity (Wildman–Crippen MR) is 102 cm³/mol. The summed E-state index contributed by atoms with van der Waals surface area (Å²) in [4.78, 5) is 36.5. The summed E-state index contributed by atoms with van der Waals surface area (Å²) in [6.07, 6.45) is 2.58. The van der Waals surface area contributed by atoms with Crippen molar-refractivity contribution in [3.05, 3.63) is 47.8 Å². The van der Waals surface area contributed by atoms with Gasteiger partial charge in [0.25, 0.3) is 0 Å². The molecule has 30 heavy (non-hydrogen) atoms. The Labute approximate surface area is 173 Å². The van der Waals surface area contributed by atoms with Gasteiger partial charge in [-0.15, -0.1) is 0 Å². The fourth-order valence-corrected chi connectivity index (χ4v) is 2.03. The van der Waals surface area contributed by atoms with Crippen LogP contribution in [0.5, 0.6) is 11.5 Å². The van der Waals surface area contributed by atoms with E-state index in [1.54, 1.807) is 0 Å². The van der Waals surface area contributed by atoms with E-state index < -0.39 is 17.9 Å². The Bertz CT molecular complexity index is 756. The van der Waals surface area contributed by atoms with E-state index in [0.717, 1.165) is 26.7 Å². The van der Waals surface area contributed by atoms with E-state index in [2.05, 4.69) is 9.47 Å². The zero-order chi connectivity index (χ0) is 22.5. The number of hydrogen-bond acceptors (Lipinski definition) is 10. The van der Waals surface area contributed by atoms with Gasteiger partial charge in [0.2, 0.25) is 11.5 Å². The van der Waals surface area contributed by atoms with Gasteiger partial charge in [-0.25, -0.2) is 14.4 Å². The summed E-state index contributed by atoms with van der Waals surface area (Å²) in [5, 5.41) is 0. The summed E-state index contributed by atoms with van der Waals surface area (Å²) in [6.45, 7) is 1.95. The van der Waals surface area contributed by atoms with Crippen molar-refractivity contribution in [1.29, 1.82) is 0 Å². The van der Waals surface area contributed by atoms with Crippen molar-refractivity contribution in [1.82, 2.24) is 0 Å². The van der Waals surface area contributed by atoms with Crippen LogP contribution in [0.15, 0.2) is 42.2 Å². The molecule has 0 heterocycles. The third-order valence-corrected chi connectivity index (χ3v) is 3.29. The van der Waals surface area contributed by atoms with Gasteiger partial charge in [0.15, 0.2) is 0 Å². The van der Waals surface area contributed by atoms with Crippen LogP contribution in [0.2, 0.25) is 0 Å². The molecule has 0 aliphatic carbocycles. The van der Waals surface area contributed by atoms with Gasteiger partial charge in [-0.3, -0.25) is 0 Å². The molecule has 10 nitrogen and oxygen atoms in total. The molecule has 1 rings (SSSR count). The first kappa shape index (κ1) is 24.3. The second-order valence-electron chi connectivity index (χ2n) is 5.39. The Morgan fingerprint density at radius 2 is 1.30 bits per heavy atom. The maximum Gasteiger partial charge on any atom is 0.377 e. The topological polar surface area (TPSA) is 116 Å². The molecule has 0 aliphatic heterocycles. The SMILES string of the molecule is CCCOC(=O)c1c(O/C(=C\OC)C(=O)OC)cccc1O/C(=C\OC)C(=O)OC. The van der Waals surface area contributed by atoms with Gasteiger partial charge in [0.1, 0.15) is 29.6 Å². The fraction of sp³-hybridized carbons (Fsp3) is 0.350. The van der Waals surface area contributed by atoms with Gasteiger partial charge in [0, 0.05) is 0 Å². The Morgan fingerprint density at radius 3 is 1.67 bits per heavy atom. The molecule has 0 aromatic heterocycles. The highest BCUT2D eigenvalue weighted by molar-refractivity contribution is 5.97. The number of methoxy groups -OCH3 is 4. The van der Waals surface area contributed by atoms with E-state index in [9.17, 15) is 14.4 Å². The minimum atomic E-state index is -0.842. The Hall–Kier alpha value is -3.69. The first-order chi connectivity index (χ1) is 14.4. The molecule has 10 heteroatoms. The molecule has 0 spiro atoms. The molecule has 0 aliphatic rings. The van der Waals surface area contributed by atoms with Crippen LogP contribution in [-0.2, 0) is 33.3 Å². The van der Waals surface area contributed by atoms with E-state index >= 15 is 0 Å². The highest BCUT2D eigenvalue weighted by atomic mass is 16.6. The molecule has 0 atom stereocenters. The van der Waals surface area contributed by atoms with Gasteiger partial charge in [0.05, 0.1) is 35.0 Å². The maximum absolute atomic E-state index is 12.7. The lowest BCUT2D eigenvalue weighted by Gasteiger charge is -2.16. The third-order valence-electron chi connectivity index (χ3n) is 3.29. The van der Waals surface area contributed by atoms with Crippen LogP contribution in [-0.4, -0.2) is 53.0 Å². The van der Waals surface area contributed by atoms with E-state index in [1.807, 2.05) is 6.92 Å². The van der Waals surface area contributed by atoms with Crippen LogP contribution in [0.1, 0.15) is 23.7 Å². The van der Waals surface area contributed by atoms with Crippen molar-refractivity contribution in [2.75, 3.05) is 35.0 Å². The lowest BCUT2D eigenvalue weighted by molar-refractivity contribution is -0.139. The minimum absolute atomic E-state index is 0.0936. The summed E-state index contributed by atoms with van der Waals surface area (Å²) in [6, 6.07) is 4.28. The van der Waals surface area contributed by atoms with E-state index in [0.29, 0.717) is 6.42 Å². The molecule has 0 saturated heterocycles. The van der Waals surface area contributed by atoms with Gasteiger partial charge in [-0.1, -0.05) is 13.0 Å². The van der Waals surface area contributed by atoms with Crippen molar-refractivity contribution < 1.29 is 47.5 Å². The molecule has 0 unspecified atom stereocenters. The average Bonchev–Trinajstić information content (AvgIpc) is 2.75. The van der Waals surface area contributed by atoms with E-state index in [4.69, 9.17) is 23.7 Å². The lowest BCUT2D eigenvalue weighted by Crippen LogP contribution is -2.17. The first-order valence-electron chi connectivity index (χ1n) is 8.71. The van der Waals surface area contributed by atoms with Crippen molar-refractivity contribution in [3.8, 4) is 11.5 Å². The Balaban J connectivity index is 3.48. The lowest BCUT2D eigenvalue weighted by atomic mass is 10.1. The number of ether oxygens (including phenoxy) is 7. The number of hydrogen-bond donors (Lipinski definition) is 0. The summed E-state index contributed by atoms with van der Waals surface area (Å²) in [7, 11) is 4.92. The molecule has 0 saturated carbocycles. The molecule has 0 radical (unpaired) electrons. The smallest absolute Gasteiger partial charge is 0.377 e. The molecule has 0 fully saturated rings. The quantitative estimate of drug-likeness (QED) is 0.227. The van der Waals surface area contributed by atoms with Crippen molar-refractivity contribution >= 4 is 17.9 Å². The average molecular weight is 424 g/mol. The van der Waals surface area contributed by atoms with E-state index in [1.165, 1.54) is 32.4 Å². The fourth-order valence-electron chi connectivity index (χ4n) is 2.03. The van der Waals surface area contributed by atoms with Crippen LogP contribution < -0.4 is 9.47 Å². The summed E-state index contributed by atoms with van der Waals surface area (Å²) in [5.41, 5.74) is -0.178. The summed E-state index contributed by atoms with van der Waals surface area (Å²) < 4.78 is 35.1.